The van der Waals surface area contributed by atoms with Gasteiger partial charge in [-0.25, -0.2) is 9.83 Å². The molecule has 11 aromatic rings. The van der Waals surface area contributed by atoms with Gasteiger partial charge in [0.2, 0.25) is 0 Å². The van der Waals surface area contributed by atoms with E-state index in [0.717, 1.165) is 67.0 Å². The lowest BCUT2D eigenvalue weighted by atomic mass is 9.79. The van der Waals surface area contributed by atoms with Gasteiger partial charge in [0.1, 0.15) is 11.6 Å². The van der Waals surface area contributed by atoms with Gasteiger partial charge in [-0.1, -0.05) is 201 Å². The topological polar surface area (TPSA) is 60.2 Å². The summed E-state index contributed by atoms with van der Waals surface area (Å²) >= 11 is 0. The van der Waals surface area contributed by atoms with E-state index < -0.39 is 0 Å². The molecule has 11 rings (SSSR count). The van der Waals surface area contributed by atoms with E-state index in [9.17, 15) is 5.11 Å². The first-order chi connectivity index (χ1) is 38.1. The number of aromatic nitrogens is 4. The Morgan fingerprint density at radius 3 is 1.59 bits per heavy atom. The molecule has 0 radical (unpaired) electrons. The maximum atomic E-state index is 11.7. The monoisotopic (exact) mass is 1060 g/mol. The summed E-state index contributed by atoms with van der Waals surface area (Å²) in [5.74, 6) is 0.609. The number of hydrogen-bond acceptors (Lipinski definition) is 3. The zero-order valence-electron chi connectivity index (χ0n) is 49.9. The second-order valence-electron chi connectivity index (χ2n) is 27.4. The van der Waals surface area contributed by atoms with E-state index in [-0.39, 0.29) is 32.8 Å². The van der Waals surface area contributed by atoms with E-state index in [4.69, 9.17) is 16.5 Å². The predicted molar refractivity (Wildman–Crippen MR) is 342 cm³/mol. The first-order valence-electron chi connectivity index (χ1n) is 28.5. The SMILES string of the molecule is [C-]#[N+]c1ccc(-c2nc3c(-c4cc(-c5cc(-c6ccc7c8ccccc8n(-c8cccc(-c9cc(C(C)(C)C)cc(C(C)(C)C)c9)c8)c7c6)ccn5)cc(C(C)(C)C)c4)cccc3n2-c2cc(C(C)(C)C)cc(C(C)(C)C)c2)c(O)c1. The fourth-order valence-corrected chi connectivity index (χ4v) is 11.2. The highest BCUT2D eigenvalue weighted by Gasteiger charge is 2.27. The number of aromatic hydroxyl groups is 1. The van der Waals surface area contributed by atoms with Crippen molar-refractivity contribution in [3.05, 3.63) is 215 Å². The fraction of sp³-hybridized carbons (Fsp3) is 0.267. The van der Waals surface area contributed by atoms with Crippen LogP contribution in [0, 0.1) is 6.57 Å². The Balaban J connectivity index is 1.06. The van der Waals surface area contributed by atoms with E-state index in [1.165, 1.54) is 55.8 Å². The Labute approximate surface area is 479 Å². The average molecular weight is 1060 g/mol. The van der Waals surface area contributed by atoms with Crippen LogP contribution in [-0.4, -0.2) is 24.2 Å². The number of hydrogen-bond donors (Lipinski definition) is 1. The molecule has 6 heteroatoms. The Morgan fingerprint density at radius 1 is 0.395 bits per heavy atom. The molecule has 8 aromatic carbocycles. The summed E-state index contributed by atoms with van der Waals surface area (Å²) < 4.78 is 4.62. The van der Waals surface area contributed by atoms with Crippen LogP contribution in [0.1, 0.15) is 132 Å². The van der Waals surface area contributed by atoms with Gasteiger partial charge in [-0.15, -0.1) is 0 Å². The van der Waals surface area contributed by atoms with Crippen molar-refractivity contribution >= 4 is 38.5 Å². The minimum Gasteiger partial charge on any atom is -0.509 e. The second kappa shape index (κ2) is 19.6. The average Bonchev–Trinajstić information content (AvgIpc) is 3.99. The third-order valence-electron chi connectivity index (χ3n) is 16.2. The smallest absolute Gasteiger partial charge is 0.190 e. The van der Waals surface area contributed by atoms with Gasteiger partial charge in [0.05, 0.1) is 39.9 Å². The third-order valence-corrected chi connectivity index (χ3v) is 16.2. The molecule has 0 saturated carbocycles. The highest BCUT2D eigenvalue weighted by atomic mass is 16.3. The number of nitrogens with zero attached hydrogens (tertiary/aromatic N) is 5. The summed E-state index contributed by atoms with van der Waals surface area (Å²) in [6.07, 6.45) is 1.94. The van der Waals surface area contributed by atoms with Crippen LogP contribution < -0.4 is 0 Å². The van der Waals surface area contributed by atoms with E-state index in [1.54, 1.807) is 6.07 Å². The molecule has 1 N–H and O–H groups in total. The Morgan fingerprint density at radius 2 is 0.951 bits per heavy atom. The number of rotatable bonds is 7. The van der Waals surface area contributed by atoms with Crippen molar-refractivity contribution in [2.24, 2.45) is 0 Å². The van der Waals surface area contributed by atoms with Crippen molar-refractivity contribution in [2.45, 2.75) is 131 Å². The normalized spacial score (nSPS) is 12.7. The summed E-state index contributed by atoms with van der Waals surface area (Å²) in [6, 6.07) is 61.4. The van der Waals surface area contributed by atoms with Gasteiger partial charge in [-0.3, -0.25) is 9.55 Å². The van der Waals surface area contributed by atoms with Crippen LogP contribution in [0.2, 0.25) is 0 Å². The van der Waals surface area contributed by atoms with Crippen molar-refractivity contribution in [1.82, 2.24) is 19.1 Å². The van der Waals surface area contributed by atoms with E-state index >= 15 is 0 Å². The van der Waals surface area contributed by atoms with Gasteiger partial charge in [-0.05, 0) is 156 Å². The molecule has 0 aliphatic carbocycles. The maximum Gasteiger partial charge on any atom is 0.190 e. The van der Waals surface area contributed by atoms with Crippen LogP contribution in [0.15, 0.2) is 176 Å². The van der Waals surface area contributed by atoms with Crippen molar-refractivity contribution < 1.29 is 5.11 Å². The zero-order valence-corrected chi connectivity index (χ0v) is 49.9. The predicted octanol–water partition coefficient (Wildman–Crippen LogP) is 20.6. The summed E-state index contributed by atoms with van der Waals surface area (Å²) in [5.41, 5.74) is 21.3. The van der Waals surface area contributed by atoms with Crippen molar-refractivity contribution in [2.75, 3.05) is 0 Å². The van der Waals surface area contributed by atoms with Crippen LogP contribution in [0.5, 0.6) is 5.75 Å². The van der Waals surface area contributed by atoms with Crippen LogP contribution in [-0.2, 0) is 27.1 Å². The highest BCUT2D eigenvalue weighted by molar-refractivity contribution is 6.10. The van der Waals surface area contributed by atoms with Gasteiger partial charge >= 0.3 is 0 Å². The molecule has 0 aliphatic rings. The number of phenolic OH excluding ortho intramolecular Hbond substituents is 1. The van der Waals surface area contributed by atoms with Gasteiger partial charge in [-0.2, -0.15) is 0 Å². The number of phenols is 1. The number of fused-ring (bicyclic) bond motifs is 4. The van der Waals surface area contributed by atoms with E-state index in [1.807, 2.05) is 12.3 Å². The number of benzene rings is 8. The maximum absolute atomic E-state index is 11.7. The van der Waals surface area contributed by atoms with Gasteiger partial charge in [0.25, 0.3) is 0 Å². The van der Waals surface area contributed by atoms with E-state index in [0.29, 0.717) is 17.1 Å². The molecule has 0 atom stereocenters. The molecule has 0 spiro atoms. The van der Waals surface area contributed by atoms with Crippen molar-refractivity contribution in [3.8, 4) is 73.2 Å². The molecule has 3 heterocycles. The molecule has 0 bridgehead atoms. The first kappa shape index (κ1) is 54.4. The van der Waals surface area contributed by atoms with E-state index in [2.05, 4.69) is 269 Å². The number of pyridine rings is 1. The molecule has 0 aliphatic heterocycles. The van der Waals surface area contributed by atoms with Crippen LogP contribution in [0.4, 0.5) is 5.69 Å². The Bertz CT molecular complexity index is 4260. The fourth-order valence-electron chi connectivity index (χ4n) is 11.2. The highest BCUT2D eigenvalue weighted by Crippen LogP contribution is 2.44. The molecule has 406 valence electrons. The molecular formula is C75H75N5O. The molecular weight excluding hydrogens is 987 g/mol. The standard InChI is InChI=1S/C75H75N5O/c1-71(2,3)52-36-50(60-24-20-26-66-69(60)78-70(63-30-28-57(76-16)45-68(63)81)80(66)59-43-55(74(10,11)12)42-56(44-59)75(13,14)15)33-51(37-52)64-39-48(31-32-77-64)47-27-29-62-61-23-17-18-25-65(61)79(67(62)40-47)58-22-19-21-46(38-58)49-34-53(72(4,5)6)41-54(35-49)73(7,8)9/h17-45,81H,1-15H3. The summed E-state index contributed by atoms with van der Waals surface area (Å²) in [7, 11) is 0. The second-order valence-corrected chi connectivity index (χ2v) is 27.4. The van der Waals surface area contributed by atoms with Crippen LogP contribution >= 0.6 is 0 Å². The lowest BCUT2D eigenvalue weighted by molar-refractivity contribution is 0.477. The molecule has 3 aromatic heterocycles. The zero-order chi connectivity index (χ0) is 57.7. The number of imidazole rings is 1. The lowest BCUT2D eigenvalue weighted by Gasteiger charge is -2.27. The summed E-state index contributed by atoms with van der Waals surface area (Å²) in [6.45, 7) is 41.8. The Kier molecular flexibility index (Phi) is 13.2. The molecule has 6 nitrogen and oxygen atoms in total. The molecule has 0 amide bonds. The largest absolute Gasteiger partial charge is 0.509 e. The molecule has 0 unspecified atom stereocenters. The summed E-state index contributed by atoms with van der Waals surface area (Å²) in [4.78, 5) is 14.2. The molecule has 81 heavy (non-hydrogen) atoms. The van der Waals surface area contributed by atoms with Gasteiger partial charge < -0.3 is 9.67 Å². The van der Waals surface area contributed by atoms with Crippen LogP contribution in [0.25, 0.3) is 105 Å². The lowest BCUT2D eigenvalue weighted by Crippen LogP contribution is -2.17. The summed E-state index contributed by atoms with van der Waals surface area (Å²) in [5, 5.41) is 14.1. The minimum atomic E-state index is -0.200. The van der Waals surface area contributed by atoms with Crippen molar-refractivity contribution in [1.29, 1.82) is 0 Å². The van der Waals surface area contributed by atoms with Gasteiger partial charge in [0.15, 0.2) is 5.69 Å². The Hall–Kier alpha value is -8.53. The first-order valence-corrected chi connectivity index (χ1v) is 28.5. The number of para-hydroxylation sites is 2. The third kappa shape index (κ3) is 10.4. The quantitative estimate of drug-likeness (QED) is 0.162. The van der Waals surface area contributed by atoms with Crippen molar-refractivity contribution in [3.63, 3.8) is 0 Å². The molecule has 0 fully saturated rings. The van der Waals surface area contributed by atoms with Gasteiger partial charge in [0, 0.05) is 39.5 Å². The molecule has 0 saturated heterocycles. The van der Waals surface area contributed by atoms with Crippen LogP contribution in [0.3, 0.4) is 0 Å². The minimum absolute atomic E-state index is 0.00431.